The van der Waals surface area contributed by atoms with Crippen LogP contribution in [0, 0.1) is 0 Å². The molecule has 0 bridgehead atoms. The molecule has 0 heterocycles. The Labute approximate surface area is 111 Å². The van der Waals surface area contributed by atoms with Crippen molar-refractivity contribution in [3.8, 4) is 0 Å². The van der Waals surface area contributed by atoms with Gasteiger partial charge in [0.25, 0.3) is 0 Å². The van der Waals surface area contributed by atoms with Crippen LogP contribution < -0.4 is 5.73 Å². The molecule has 0 spiro atoms. The number of hydrogen-bond acceptors (Lipinski definition) is 2. The Bertz CT molecular complexity index is 250. The zero-order valence-corrected chi connectivity index (χ0v) is 11.6. The van der Waals surface area contributed by atoms with E-state index < -0.39 is 5.54 Å². The average molecular weight is 261 g/mol. The van der Waals surface area contributed by atoms with Crippen LogP contribution in [0.3, 0.4) is 0 Å². The smallest absolute Gasteiger partial charge is 0.242 e. The average Bonchev–Trinajstić information content (AvgIpc) is 2.29. The molecule has 0 unspecified atom stereocenters. The van der Waals surface area contributed by atoms with Crippen LogP contribution in [0.15, 0.2) is 12.7 Å². The Morgan fingerprint density at radius 2 is 2.00 bits per heavy atom. The van der Waals surface area contributed by atoms with Gasteiger partial charge in [-0.1, -0.05) is 25.3 Å². The number of nitrogens with zero attached hydrogens (tertiary/aromatic N) is 1. The first kappa shape index (κ1) is 16.5. The van der Waals surface area contributed by atoms with Crippen molar-refractivity contribution < 1.29 is 4.79 Å². The first-order chi connectivity index (χ1) is 7.60. The summed E-state index contributed by atoms with van der Waals surface area (Å²) in [6.45, 7) is 4.46. The number of amides is 1. The SMILES string of the molecule is C=CCCCN(C)C(=O)C1(N)CCCCC1.Cl. The quantitative estimate of drug-likeness (QED) is 0.610. The molecule has 1 fully saturated rings. The van der Waals surface area contributed by atoms with E-state index in [9.17, 15) is 4.79 Å². The van der Waals surface area contributed by atoms with Gasteiger partial charge < -0.3 is 10.6 Å². The summed E-state index contributed by atoms with van der Waals surface area (Å²) < 4.78 is 0. The number of carbonyl (C=O) groups is 1. The zero-order chi connectivity index (χ0) is 12.0. The molecular formula is C13H25ClN2O. The van der Waals surface area contributed by atoms with Gasteiger partial charge in [-0.15, -0.1) is 19.0 Å². The van der Waals surface area contributed by atoms with E-state index in [1.807, 2.05) is 13.1 Å². The summed E-state index contributed by atoms with van der Waals surface area (Å²) in [7, 11) is 1.86. The van der Waals surface area contributed by atoms with Gasteiger partial charge in [-0.3, -0.25) is 4.79 Å². The first-order valence-corrected chi connectivity index (χ1v) is 6.25. The molecule has 2 N–H and O–H groups in total. The van der Waals surface area contributed by atoms with E-state index in [1.165, 1.54) is 6.42 Å². The molecule has 0 aliphatic heterocycles. The molecule has 0 radical (unpaired) electrons. The van der Waals surface area contributed by atoms with Gasteiger partial charge in [0.1, 0.15) is 0 Å². The topological polar surface area (TPSA) is 46.3 Å². The van der Waals surface area contributed by atoms with Crippen molar-refractivity contribution in [3.63, 3.8) is 0 Å². The lowest BCUT2D eigenvalue weighted by atomic mass is 9.81. The molecule has 100 valence electrons. The molecule has 0 saturated heterocycles. The highest BCUT2D eigenvalue weighted by molar-refractivity contribution is 5.86. The molecule has 1 aliphatic carbocycles. The van der Waals surface area contributed by atoms with E-state index in [-0.39, 0.29) is 18.3 Å². The van der Waals surface area contributed by atoms with Crippen molar-refractivity contribution in [2.75, 3.05) is 13.6 Å². The van der Waals surface area contributed by atoms with Crippen LogP contribution in [0.4, 0.5) is 0 Å². The number of rotatable bonds is 5. The third-order valence-electron chi connectivity index (χ3n) is 3.42. The summed E-state index contributed by atoms with van der Waals surface area (Å²) in [6, 6.07) is 0. The van der Waals surface area contributed by atoms with Crippen molar-refractivity contribution in [2.45, 2.75) is 50.5 Å². The third-order valence-corrected chi connectivity index (χ3v) is 3.42. The molecule has 1 amide bonds. The second kappa shape index (κ2) is 7.72. The fourth-order valence-electron chi connectivity index (χ4n) is 2.35. The van der Waals surface area contributed by atoms with Crippen LogP contribution in [-0.4, -0.2) is 29.9 Å². The van der Waals surface area contributed by atoms with E-state index in [4.69, 9.17) is 5.73 Å². The standard InChI is InChI=1S/C13H24N2O.ClH/c1-3-4-8-11-15(2)12(16)13(14)9-6-5-7-10-13;/h3H,1,4-11,14H2,2H3;1H. The lowest BCUT2D eigenvalue weighted by Crippen LogP contribution is -2.55. The maximum atomic E-state index is 12.2. The molecule has 17 heavy (non-hydrogen) atoms. The molecule has 1 saturated carbocycles. The van der Waals surface area contributed by atoms with Crippen LogP contribution in [0.25, 0.3) is 0 Å². The number of hydrogen-bond donors (Lipinski definition) is 1. The van der Waals surface area contributed by atoms with Crippen LogP contribution in [0.1, 0.15) is 44.9 Å². The third kappa shape index (κ3) is 4.68. The van der Waals surface area contributed by atoms with Crippen LogP contribution in [0.5, 0.6) is 0 Å². The fourth-order valence-corrected chi connectivity index (χ4v) is 2.35. The second-order valence-corrected chi connectivity index (χ2v) is 4.87. The van der Waals surface area contributed by atoms with Crippen LogP contribution in [0.2, 0.25) is 0 Å². The number of halogens is 1. The summed E-state index contributed by atoms with van der Waals surface area (Å²) in [6.07, 6.45) is 8.89. The van der Waals surface area contributed by atoms with Gasteiger partial charge in [-0.05, 0) is 25.7 Å². The molecule has 3 nitrogen and oxygen atoms in total. The number of likely N-dealkylation sites (N-methyl/N-ethyl adjacent to an activating group) is 1. The highest BCUT2D eigenvalue weighted by atomic mass is 35.5. The zero-order valence-electron chi connectivity index (χ0n) is 10.8. The van der Waals surface area contributed by atoms with E-state index in [1.54, 1.807) is 4.90 Å². The number of nitrogens with two attached hydrogens (primary N) is 1. The minimum atomic E-state index is -0.582. The van der Waals surface area contributed by atoms with Crippen molar-refractivity contribution in [1.29, 1.82) is 0 Å². The van der Waals surface area contributed by atoms with Gasteiger partial charge in [0.2, 0.25) is 5.91 Å². The Kier molecular flexibility index (Phi) is 7.48. The first-order valence-electron chi connectivity index (χ1n) is 6.25. The lowest BCUT2D eigenvalue weighted by molar-refractivity contribution is -0.136. The summed E-state index contributed by atoms with van der Waals surface area (Å²) in [5.74, 6) is 0.122. The Morgan fingerprint density at radius 3 is 2.53 bits per heavy atom. The van der Waals surface area contributed by atoms with Gasteiger partial charge in [0.15, 0.2) is 0 Å². The molecule has 0 aromatic carbocycles. The number of allylic oxidation sites excluding steroid dienone is 1. The highest BCUT2D eigenvalue weighted by Gasteiger charge is 2.36. The molecule has 0 aromatic rings. The van der Waals surface area contributed by atoms with Crippen LogP contribution >= 0.6 is 12.4 Å². The lowest BCUT2D eigenvalue weighted by Gasteiger charge is -2.35. The maximum absolute atomic E-state index is 12.2. The molecular weight excluding hydrogens is 236 g/mol. The molecule has 4 heteroatoms. The van der Waals surface area contributed by atoms with Gasteiger partial charge in [-0.2, -0.15) is 0 Å². The summed E-state index contributed by atoms with van der Waals surface area (Å²) in [5, 5.41) is 0. The van der Waals surface area contributed by atoms with Gasteiger partial charge in [-0.25, -0.2) is 0 Å². The van der Waals surface area contributed by atoms with Crippen LogP contribution in [-0.2, 0) is 4.79 Å². The predicted octanol–water partition coefficient (Wildman–Crippen LogP) is 2.49. The van der Waals surface area contributed by atoms with Gasteiger partial charge in [0.05, 0.1) is 5.54 Å². The maximum Gasteiger partial charge on any atom is 0.242 e. The van der Waals surface area contributed by atoms with Crippen molar-refractivity contribution in [1.82, 2.24) is 4.90 Å². The minimum absolute atomic E-state index is 0. The minimum Gasteiger partial charge on any atom is -0.344 e. The highest BCUT2D eigenvalue weighted by Crippen LogP contribution is 2.27. The van der Waals surface area contributed by atoms with Crippen molar-refractivity contribution >= 4 is 18.3 Å². The summed E-state index contributed by atoms with van der Waals surface area (Å²) >= 11 is 0. The fraction of sp³-hybridized carbons (Fsp3) is 0.769. The Balaban J connectivity index is 0.00000256. The largest absolute Gasteiger partial charge is 0.344 e. The normalized spacial score (nSPS) is 18.0. The molecule has 0 atom stereocenters. The Morgan fingerprint density at radius 1 is 1.41 bits per heavy atom. The van der Waals surface area contributed by atoms with E-state index >= 15 is 0 Å². The van der Waals surface area contributed by atoms with Gasteiger partial charge in [0, 0.05) is 13.6 Å². The van der Waals surface area contributed by atoms with E-state index in [0.29, 0.717) is 0 Å². The summed E-state index contributed by atoms with van der Waals surface area (Å²) in [4.78, 5) is 14.0. The van der Waals surface area contributed by atoms with E-state index in [2.05, 4.69) is 6.58 Å². The molecule has 0 aromatic heterocycles. The van der Waals surface area contributed by atoms with E-state index in [0.717, 1.165) is 45.1 Å². The summed E-state index contributed by atoms with van der Waals surface area (Å²) in [5.41, 5.74) is 5.61. The monoisotopic (exact) mass is 260 g/mol. The van der Waals surface area contributed by atoms with Crippen molar-refractivity contribution in [2.24, 2.45) is 5.73 Å². The number of unbranched alkanes of at least 4 members (excludes halogenated alkanes) is 1. The van der Waals surface area contributed by atoms with Crippen molar-refractivity contribution in [3.05, 3.63) is 12.7 Å². The number of carbonyl (C=O) groups excluding carboxylic acids is 1. The molecule has 1 rings (SSSR count). The van der Waals surface area contributed by atoms with Gasteiger partial charge >= 0.3 is 0 Å². The molecule has 1 aliphatic rings. The predicted molar refractivity (Wildman–Crippen MR) is 74.3 cm³/mol. The second-order valence-electron chi connectivity index (χ2n) is 4.87. The Hall–Kier alpha value is -0.540.